The SMILES string of the molecule is CCCCCCN(CCCCCCCCCCCC(=O)O)C(=O)CN(CCN(CCN(CC(=O)O)CC(=O)O)CC(=O)O)CC(=O)O. The lowest BCUT2D eigenvalue weighted by molar-refractivity contribution is -0.143. The van der Waals surface area contributed by atoms with E-state index >= 15 is 0 Å². The Hall–Kier alpha value is -3.30. The fraction of sp³-hybridized carbons (Fsp3) is 0.812. The van der Waals surface area contributed by atoms with Crippen LogP contribution in [0, 0.1) is 0 Å². The minimum atomic E-state index is -1.22. The molecule has 0 aromatic carbocycles. The molecule has 0 atom stereocenters. The predicted octanol–water partition coefficient (Wildman–Crippen LogP) is 2.63. The number of hydrogen-bond acceptors (Lipinski definition) is 9. The van der Waals surface area contributed by atoms with Gasteiger partial charge in [-0.3, -0.25) is 43.5 Å². The molecule has 0 aliphatic heterocycles. The molecule has 0 rings (SSSR count). The van der Waals surface area contributed by atoms with Crippen LogP contribution in [-0.4, -0.2) is 153 Å². The van der Waals surface area contributed by atoms with Crippen LogP contribution in [0.4, 0.5) is 0 Å². The van der Waals surface area contributed by atoms with Gasteiger partial charge >= 0.3 is 29.8 Å². The second-order valence-corrected chi connectivity index (χ2v) is 12.0. The van der Waals surface area contributed by atoms with Crippen molar-refractivity contribution in [1.82, 2.24) is 19.6 Å². The van der Waals surface area contributed by atoms with Crippen molar-refractivity contribution in [3.8, 4) is 0 Å². The van der Waals surface area contributed by atoms with Crippen molar-refractivity contribution in [3.05, 3.63) is 0 Å². The van der Waals surface area contributed by atoms with E-state index < -0.39 is 56.0 Å². The molecule has 0 aliphatic carbocycles. The van der Waals surface area contributed by atoms with Gasteiger partial charge in [-0.05, 0) is 19.3 Å². The zero-order valence-corrected chi connectivity index (χ0v) is 28.2. The Balaban J connectivity index is 5.09. The number of carbonyl (C=O) groups is 6. The molecule has 0 fully saturated rings. The summed E-state index contributed by atoms with van der Waals surface area (Å²) in [7, 11) is 0. The molecule has 1 amide bonds. The van der Waals surface area contributed by atoms with Crippen LogP contribution in [0.1, 0.15) is 96.8 Å². The normalized spacial score (nSPS) is 11.3. The van der Waals surface area contributed by atoms with Gasteiger partial charge in [0.1, 0.15) is 0 Å². The highest BCUT2D eigenvalue weighted by atomic mass is 16.4. The van der Waals surface area contributed by atoms with E-state index in [1.165, 1.54) is 14.7 Å². The third-order valence-electron chi connectivity index (χ3n) is 7.71. The predicted molar refractivity (Wildman–Crippen MR) is 174 cm³/mol. The van der Waals surface area contributed by atoms with E-state index in [9.17, 15) is 39.0 Å². The van der Waals surface area contributed by atoms with Gasteiger partial charge in [0, 0.05) is 45.7 Å². The highest BCUT2D eigenvalue weighted by Gasteiger charge is 2.22. The quantitative estimate of drug-likeness (QED) is 0.0633. The van der Waals surface area contributed by atoms with Crippen molar-refractivity contribution in [1.29, 1.82) is 0 Å². The molecule has 0 saturated carbocycles. The lowest BCUT2D eigenvalue weighted by Crippen LogP contribution is -2.47. The monoisotopic (exact) mass is 674 g/mol. The van der Waals surface area contributed by atoms with Crippen LogP contribution >= 0.6 is 0 Å². The van der Waals surface area contributed by atoms with Gasteiger partial charge in [0.05, 0.1) is 32.7 Å². The molecule has 0 aromatic rings. The molecule has 5 N–H and O–H groups in total. The van der Waals surface area contributed by atoms with Crippen molar-refractivity contribution in [2.45, 2.75) is 96.8 Å². The average molecular weight is 675 g/mol. The van der Waals surface area contributed by atoms with Gasteiger partial charge in [0.2, 0.25) is 5.91 Å². The van der Waals surface area contributed by atoms with Crippen LogP contribution in [0.2, 0.25) is 0 Å². The molecule has 0 heterocycles. The van der Waals surface area contributed by atoms with Gasteiger partial charge in [-0.2, -0.15) is 0 Å². The van der Waals surface area contributed by atoms with Crippen molar-refractivity contribution >= 4 is 35.8 Å². The van der Waals surface area contributed by atoms with Gasteiger partial charge in [0.25, 0.3) is 0 Å². The molecule has 47 heavy (non-hydrogen) atoms. The van der Waals surface area contributed by atoms with Gasteiger partial charge < -0.3 is 30.4 Å². The molecule has 272 valence electrons. The average Bonchev–Trinajstić information content (AvgIpc) is 2.96. The summed E-state index contributed by atoms with van der Waals surface area (Å²) in [4.78, 5) is 75.2. The van der Waals surface area contributed by atoms with Gasteiger partial charge in [0.15, 0.2) is 0 Å². The molecule has 0 unspecified atom stereocenters. The number of carbonyl (C=O) groups excluding carboxylic acids is 1. The molecule has 15 nitrogen and oxygen atoms in total. The Morgan fingerprint density at radius 1 is 0.383 bits per heavy atom. The Morgan fingerprint density at radius 3 is 1.13 bits per heavy atom. The number of aliphatic carboxylic acids is 5. The number of amides is 1. The Kier molecular flexibility index (Phi) is 25.8. The van der Waals surface area contributed by atoms with E-state index in [1.54, 1.807) is 4.90 Å². The summed E-state index contributed by atoms with van der Waals surface area (Å²) in [5.41, 5.74) is 0. The first-order chi connectivity index (χ1) is 22.3. The smallest absolute Gasteiger partial charge is 0.317 e. The van der Waals surface area contributed by atoms with E-state index in [4.69, 9.17) is 15.3 Å². The summed E-state index contributed by atoms with van der Waals surface area (Å²) in [5.74, 6) is -5.67. The summed E-state index contributed by atoms with van der Waals surface area (Å²) in [6.07, 6.45) is 12.9. The molecular weight excluding hydrogens is 616 g/mol. The second-order valence-electron chi connectivity index (χ2n) is 12.0. The first kappa shape index (κ1) is 43.7. The topological polar surface area (TPSA) is 217 Å². The number of unbranched alkanes of at least 4 members (excludes halogenated alkanes) is 11. The van der Waals surface area contributed by atoms with Crippen molar-refractivity contribution in [3.63, 3.8) is 0 Å². The Bertz CT molecular complexity index is 919. The summed E-state index contributed by atoms with van der Waals surface area (Å²) >= 11 is 0. The number of nitrogens with zero attached hydrogens (tertiary/aromatic N) is 4. The first-order valence-corrected chi connectivity index (χ1v) is 16.9. The summed E-state index contributed by atoms with van der Waals surface area (Å²) in [6.45, 7) is 1.36. The van der Waals surface area contributed by atoms with Crippen LogP contribution in [0.15, 0.2) is 0 Å². The number of carboxylic acids is 5. The van der Waals surface area contributed by atoms with Crippen LogP contribution in [0.5, 0.6) is 0 Å². The zero-order chi connectivity index (χ0) is 35.5. The Labute approximate surface area is 278 Å². The highest BCUT2D eigenvalue weighted by Crippen LogP contribution is 2.12. The molecule has 0 bridgehead atoms. The van der Waals surface area contributed by atoms with Crippen molar-refractivity contribution < 1.29 is 54.3 Å². The Morgan fingerprint density at radius 2 is 0.723 bits per heavy atom. The van der Waals surface area contributed by atoms with Crippen molar-refractivity contribution in [2.24, 2.45) is 0 Å². The molecular formula is C32H58N4O11. The van der Waals surface area contributed by atoms with E-state index in [2.05, 4.69) is 6.92 Å². The molecule has 0 aliphatic rings. The molecule has 0 radical (unpaired) electrons. The molecule has 0 saturated heterocycles. The van der Waals surface area contributed by atoms with E-state index in [-0.39, 0.29) is 45.1 Å². The third kappa shape index (κ3) is 27.5. The number of carboxylic acid groups (broad SMARTS) is 5. The maximum absolute atomic E-state index is 13.4. The largest absolute Gasteiger partial charge is 0.481 e. The fourth-order valence-electron chi connectivity index (χ4n) is 5.23. The standard InChI is InChI=1S/C32H58N4O11/c1-2-3-4-13-16-36(17-14-11-9-7-5-6-8-10-12-15-28(38)39)27(37)22-34(24-30(42)43)20-18-33(23-29(40)41)19-21-35(25-31(44)45)26-32(46)47/h2-26H2,1H3,(H,38,39)(H,40,41)(H,42,43)(H,44,45)(H,46,47). The van der Waals surface area contributed by atoms with Gasteiger partial charge in [-0.1, -0.05) is 71.1 Å². The van der Waals surface area contributed by atoms with Crippen LogP contribution in [0.3, 0.4) is 0 Å². The van der Waals surface area contributed by atoms with Crippen LogP contribution in [0.25, 0.3) is 0 Å². The maximum Gasteiger partial charge on any atom is 0.317 e. The first-order valence-electron chi connectivity index (χ1n) is 16.9. The fourth-order valence-corrected chi connectivity index (χ4v) is 5.23. The lowest BCUT2D eigenvalue weighted by Gasteiger charge is -2.29. The molecule has 0 spiro atoms. The third-order valence-corrected chi connectivity index (χ3v) is 7.71. The number of rotatable bonds is 33. The van der Waals surface area contributed by atoms with E-state index in [1.807, 2.05) is 0 Å². The van der Waals surface area contributed by atoms with Gasteiger partial charge in [-0.25, -0.2) is 0 Å². The van der Waals surface area contributed by atoms with E-state index in [0.717, 1.165) is 77.0 Å². The molecule has 15 heteroatoms. The maximum atomic E-state index is 13.4. The number of hydrogen-bond donors (Lipinski definition) is 5. The minimum Gasteiger partial charge on any atom is -0.481 e. The minimum absolute atomic E-state index is 0.0257. The van der Waals surface area contributed by atoms with E-state index in [0.29, 0.717) is 19.5 Å². The summed E-state index contributed by atoms with van der Waals surface area (Å²) in [5, 5.41) is 45.7. The second kappa shape index (κ2) is 27.8. The van der Waals surface area contributed by atoms with Gasteiger partial charge in [-0.15, -0.1) is 0 Å². The zero-order valence-electron chi connectivity index (χ0n) is 28.2. The van der Waals surface area contributed by atoms with Crippen molar-refractivity contribution in [2.75, 3.05) is 72.0 Å². The summed E-state index contributed by atoms with van der Waals surface area (Å²) < 4.78 is 0. The molecule has 0 aromatic heterocycles. The lowest BCUT2D eigenvalue weighted by atomic mass is 10.1. The summed E-state index contributed by atoms with van der Waals surface area (Å²) in [6, 6.07) is 0. The van der Waals surface area contributed by atoms with Crippen LogP contribution in [-0.2, 0) is 28.8 Å². The van der Waals surface area contributed by atoms with Crippen LogP contribution < -0.4 is 0 Å². The highest BCUT2D eigenvalue weighted by molar-refractivity contribution is 5.79.